The molecule has 0 radical (unpaired) electrons. The third-order valence-corrected chi connectivity index (χ3v) is 6.76. The number of halogens is 4. The summed E-state index contributed by atoms with van der Waals surface area (Å²) in [6.07, 6.45) is 2.72. The minimum absolute atomic E-state index is 0.00251. The van der Waals surface area contributed by atoms with Crippen molar-refractivity contribution >= 4 is 22.6 Å². The van der Waals surface area contributed by atoms with E-state index in [0.717, 1.165) is 18.2 Å². The number of amides is 1. The second kappa shape index (κ2) is 12.4. The summed E-state index contributed by atoms with van der Waals surface area (Å²) in [5, 5.41) is 2.47. The summed E-state index contributed by atoms with van der Waals surface area (Å²) in [6.45, 7) is 0.411. The Kier molecular flexibility index (Phi) is 8.47. The first-order valence-corrected chi connectivity index (χ1v) is 13.1. The fourth-order valence-electron chi connectivity index (χ4n) is 4.57. The molecular weight excluding hydrogens is 584 g/mol. The highest BCUT2D eigenvalue weighted by molar-refractivity contribution is 6.05. The van der Waals surface area contributed by atoms with Gasteiger partial charge < -0.3 is 24.1 Å². The molecule has 5 rings (SSSR count). The van der Waals surface area contributed by atoms with E-state index in [1.54, 1.807) is 6.07 Å². The molecule has 226 valence electrons. The van der Waals surface area contributed by atoms with Gasteiger partial charge in [-0.2, -0.15) is 0 Å². The van der Waals surface area contributed by atoms with Crippen LogP contribution in [0.25, 0.3) is 22.2 Å². The van der Waals surface area contributed by atoms with Crippen molar-refractivity contribution < 1.29 is 36.6 Å². The van der Waals surface area contributed by atoms with E-state index in [2.05, 4.69) is 15.3 Å². The van der Waals surface area contributed by atoms with Crippen molar-refractivity contribution in [3.8, 4) is 34.3 Å². The van der Waals surface area contributed by atoms with Crippen LogP contribution in [0.4, 0.5) is 23.2 Å². The number of aromatic nitrogens is 3. The van der Waals surface area contributed by atoms with E-state index in [0.29, 0.717) is 11.3 Å². The number of methoxy groups -OCH3 is 2. The number of benzene rings is 2. The van der Waals surface area contributed by atoms with Crippen LogP contribution in [0.2, 0.25) is 0 Å². The lowest BCUT2D eigenvalue weighted by Crippen LogP contribution is -2.27. The van der Waals surface area contributed by atoms with Gasteiger partial charge in [-0.25, -0.2) is 22.5 Å². The molecule has 0 saturated carbocycles. The van der Waals surface area contributed by atoms with Gasteiger partial charge in [-0.15, -0.1) is 0 Å². The number of aryl methyl sites for hydroxylation is 1. The molecule has 0 bridgehead atoms. The molecule has 0 unspecified atom stereocenters. The van der Waals surface area contributed by atoms with E-state index < -0.39 is 35.5 Å². The Hall–Kier alpha value is -5.46. The highest BCUT2D eigenvalue weighted by Gasteiger charge is 2.22. The number of nitrogens with one attached hydrogen (secondary N) is 1. The fourth-order valence-corrected chi connectivity index (χ4v) is 4.57. The molecule has 0 aliphatic carbocycles. The average Bonchev–Trinajstić information content (AvgIpc) is 3.00. The minimum atomic E-state index is -1.20. The van der Waals surface area contributed by atoms with Crippen LogP contribution in [0.5, 0.6) is 23.1 Å². The van der Waals surface area contributed by atoms with Crippen molar-refractivity contribution in [2.45, 2.75) is 13.5 Å². The molecule has 3 aromatic heterocycles. The van der Waals surface area contributed by atoms with Gasteiger partial charge >= 0.3 is 0 Å². The molecule has 9 nitrogen and oxygen atoms in total. The molecule has 0 spiro atoms. The summed E-state index contributed by atoms with van der Waals surface area (Å²) < 4.78 is 73.5. The average molecular weight is 609 g/mol. The molecule has 44 heavy (non-hydrogen) atoms. The summed E-state index contributed by atoms with van der Waals surface area (Å²) in [7, 11) is 2.86. The van der Waals surface area contributed by atoms with Gasteiger partial charge in [0.15, 0.2) is 34.7 Å². The standard InChI is InChI=1S/C31H24F4N4O5/c1-16-27(29(40)19(15-39(16)11-9-32)17-4-6-20(33)21(34)12-17)30(41)37-18-5-7-24(22(35)13-18)44-25-8-10-36-23-14-26(42-2)31(43-3)38-28(23)25/h4-8,10,12-15H,9,11H2,1-3H3,(H,37,41). The molecule has 3 heterocycles. The number of alkyl halides is 1. The van der Waals surface area contributed by atoms with Crippen LogP contribution >= 0.6 is 0 Å². The molecule has 0 saturated heterocycles. The minimum Gasteiger partial charge on any atom is -0.491 e. The number of carbonyl (C=O) groups is 1. The van der Waals surface area contributed by atoms with E-state index in [-0.39, 0.29) is 57.5 Å². The predicted octanol–water partition coefficient (Wildman–Crippen LogP) is 6.22. The van der Waals surface area contributed by atoms with Crippen molar-refractivity contribution in [1.29, 1.82) is 0 Å². The zero-order chi connectivity index (χ0) is 31.5. The molecule has 5 aromatic rings. The molecule has 0 aliphatic heterocycles. The summed E-state index contributed by atoms with van der Waals surface area (Å²) in [6, 6.07) is 9.51. The van der Waals surface area contributed by atoms with Crippen molar-refractivity contribution in [2.24, 2.45) is 0 Å². The first-order valence-electron chi connectivity index (χ1n) is 13.1. The van der Waals surface area contributed by atoms with Crippen molar-refractivity contribution in [2.75, 3.05) is 26.2 Å². The Labute approximate surface area is 247 Å². The number of hydrogen-bond acceptors (Lipinski definition) is 7. The van der Waals surface area contributed by atoms with Crippen LogP contribution in [0, 0.1) is 24.4 Å². The number of rotatable bonds is 9. The van der Waals surface area contributed by atoms with Gasteiger partial charge in [0, 0.05) is 47.5 Å². The van der Waals surface area contributed by atoms with E-state index in [4.69, 9.17) is 14.2 Å². The zero-order valence-corrected chi connectivity index (χ0v) is 23.6. The number of nitrogens with zero attached hydrogens (tertiary/aromatic N) is 3. The van der Waals surface area contributed by atoms with Crippen LogP contribution in [-0.4, -0.2) is 41.3 Å². The van der Waals surface area contributed by atoms with Gasteiger partial charge in [0.1, 0.15) is 17.8 Å². The van der Waals surface area contributed by atoms with Gasteiger partial charge in [0.05, 0.1) is 26.3 Å². The Bertz CT molecular complexity index is 1970. The van der Waals surface area contributed by atoms with Crippen molar-refractivity contribution in [3.63, 3.8) is 0 Å². The third kappa shape index (κ3) is 5.76. The Morgan fingerprint density at radius 1 is 0.932 bits per heavy atom. The lowest BCUT2D eigenvalue weighted by molar-refractivity contribution is 0.102. The van der Waals surface area contributed by atoms with Gasteiger partial charge in [-0.1, -0.05) is 6.07 Å². The van der Waals surface area contributed by atoms with E-state index in [9.17, 15) is 22.8 Å². The normalized spacial score (nSPS) is 11.0. The Balaban J connectivity index is 1.46. The van der Waals surface area contributed by atoms with Gasteiger partial charge in [0.2, 0.25) is 5.43 Å². The topological polar surface area (TPSA) is 105 Å². The SMILES string of the molecule is COc1cc2nccc(Oc3ccc(NC(=O)c4c(C)n(CCF)cc(-c5ccc(F)c(F)c5)c4=O)cc3F)c2nc1OC. The van der Waals surface area contributed by atoms with E-state index in [1.807, 2.05) is 0 Å². The maximum atomic E-state index is 15.2. The lowest BCUT2D eigenvalue weighted by Gasteiger charge is -2.16. The van der Waals surface area contributed by atoms with Crippen molar-refractivity contribution in [1.82, 2.24) is 14.5 Å². The molecule has 0 atom stereocenters. The molecule has 1 N–H and O–H groups in total. The quantitative estimate of drug-likeness (QED) is 0.198. The zero-order valence-electron chi connectivity index (χ0n) is 23.6. The van der Waals surface area contributed by atoms with Crippen LogP contribution < -0.4 is 25.0 Å². The number of hydrogen-bond donors (Lipinski definition) is 1. The van der Waals surface area contributed by atoms with Crippen LogP contribution in [0.3, 0.4) is 0 Å². The van der Waals surface area contributed by atoms with Gasteiger partial charge in [-0.3, -0.25) is 14.6 Å². The van der Waals surface area contributed by atoms with E-state index >= 15 is 4.39 Å². The molecule has 0 fully saturated rings. The predicted molar refractivity (Wildman–Crippen MR) is 154 cm³/mol. The third-order valence-electron chi connectivity index (χ3n) is 6.76. The van der Waals surface area contributed by atoms with Gasteiger partial charge in [0.25, 0.3) is 11.8 Å². The molecular formula is C31H24F4N4O5. The Morgan fingerprint density at radius 2 is 1.73 bits per heavy atom. The number of pyridine rings is 3. The number of anilines is 1. The molecule has 2 aromatic carbocycles. The van der Waals surface area contributed by atoms with Crippen LogP contribution in [0.1, 0.15) is 16.1 Å². The Morgan fingerprint density at radius 3 is 2.41 bits per heavy atom. The first-order chi connectivity index (χ1) is 21.1. The van der Waals surface area contributed by atoms with Crippen molar-refractivity contribution in [3.05, 3.63) is 99.9 Å². The van der Waals surface area contributed by atoms with Gasteiger partial charge in [-0.05, 0) is 36.8 Å². The maximum absolute atomic E-state index is 15.2. The van der Waals surface area contributed by atoms with Crippen LogP contribution in [-0.2, 0) is 6.54 Å². The summed E-state index contributed by atoms with van der Waals surface area (Å²) in [4.78, 5) is 35.3. The molecule has 1 amide bonds. The second-order valence-electron chi connectivity index (χ2n) is 9.42. The van der Waals surface area contributed by atoms with E-state index in [1.165, 1.54) is 62.4 Å². The highest BCUT2D eigenvalue weighted by Crippen LogP contribution is 2.35. The largest absolute Gasteiger partial charge is 0.491 e. The number of ether oxygens (including phenoxy) is 3. The monoisotopic (exact) mass is 608 g/mol. The second-order valence-corrected chi connectivity index (χ2v) is 9.42. The summed E-state index contributed by atoms with van der Waals surface area (Å²) in [5.74, 6) is -3.59. The fraction of sp³-hybridized carbons (Fsp3) is 0.161. The maximum Gasteiger partial charge on any atom is 0.261 e. The summed E-state index contributed by atoms with van der Waals surface area (Å²) >= 11 is 0. The molecule has 0 aliphatic rings. The number of fused-ring (bicyclic) bond motifs is 1. The highest BCUT2D eigenvalue weighted by atomic mass is 19.2. The van der Waals surface area contributed by atoms with Crippen LogP contribution in [0.15, 0.2) is 65.7 Å². The molecule has 13 heteroatoms. The first kappa shape index (κ1) is 30.0. The number of carbonyl (C=O) groups excluding carboxylic acids is 1. The lowest BCUT2D eigenvalue weighted by atomic mass is 10.0. The smallest absolute Gasteiger partial charge is 0.261 e. The summed E-state index contributed by atoms with van der Waals surface area (Å²) in [5.41, 5.74) is -0.524.